The van der Waals surface area contributed by atoms with Crippen LogP contribution >= 0.6 is 23.5 Å². The molecule has 2 heterocycles. The van der Waals surface area contributed by atoms with E-state index in [-0.39, 0.29) is 0 Å². The zero-order chi connectivity index (χ0) is 23.5. The van der Waals surface area contributed by atoms with Gasteiger partial charge in [-0.1, -0.05) is 145 Å². The Balaban J connectivity index is 1.48. The van der Waals surface area contributed by atoms with E-state index in [0.29, 0.717) is 0 Å². The summed E-state index contributed by atoms with van der Waals surface area (Å²) in [5, 5.41) is 0. The van der Waals surface area contributed by atoms with Gasteiger partial charge < -0.3 is 4.74 Å². The summed E-state index contributed by atoms with van der Waals surface area (Å²) in [5.74, 6) is 1.73. The van der Waals surface area contributed by atoms with Gasteiger partial charge in [-0.15, -0.1) is 0 Å². The average molecular weight is 487 g/mol. The lowest BCUT2D eigenvalue weighted by Crippen LogP contribution is -2.00. The fourth-order valence-electron chi connectivity index (χ4n) is 4.08. The highest BCUT2D eigenvalue weighted by atomic mass is 32.2. The van der Waals surface area contributed by atoms with Crippen LogP contribution in [0.4, 0.5) is 0 Å². The van der Waals surface area contributed by atoms with Gasteiger partial charge in [0.15, 0.2) is 0 Å². The van der Waals surface area contributed by atoms with Gasteiger partial charge in [-0.25, -0.2) is 0 Å². The van der Waals surface area contributed by atoms with Crippen LogP contribution in [0.25, 0.3) is 21.3 Å². The third kappa shape index (κ3) is 4.66. The van der Waals surface area contributed by atoms with Crippen LogP contribution in [0.1, 0.15) is 22.3 Å². The van der Waals surface area contributed by atoms with Gasteiger partial charge in [-0.2, -0.15) is 0 Å². The Hall–Kier alpha value is -3.66. The molecule has 0 spiro atoms. The maximum atomic E-state index is 6.43. The first-order valence-electron chi connectivity index (χ1n) is 11.5. The third-order valence-corrected chi connectivity index (χ3v) is 8.57. The van der Waals surface area contributed by atoms with Gasteiger partial charge in [0.05, 0.1) is 4.24 Å². The van der Waals surface area contributed by atoms with Crippen LogP contribution in [0.5, 0.6) is 0 Å². The van der Waals surface area contributed by atoms with Crippen molar-refractivity contribution < 1.29 is 4.74 Å². The lowest BCUT2D eigenvalue weighted by atomic mass is 10.1. The molecule has 0 aliphatic carbocycles. The molecule has 0 unspecified atom stereocenters. The number of hydrogen-bond donors (Lipinski definition) is 0. The summed E-state index contributed by atoms with van der Waals surface area (Å²) < 4.78 is 7.68. The number of allylic oxidation sites excluding steroid dienone is 3. The van der Waals surface area contributed by atoms with E-state index in [1.807, 2.05) is 35.7 Å². The number of rotatable bonds is 4. The summed E-state index contributed by atoms with van der Waals surface area (Å²) in [6, 6.07) is 42.0. The molecular weight excluding hydrogens is 464 g/mol. The number of ether oxygens (including phenoxy) is 1. The molecule has 0 bridgehead atoms. The van der Waals surface area contributed by atoms with Crippen LogP contribution in [0.3, 0.4) is 0 Å². The van der Waals surface area contributed by atoms with Gasteiger partial charge in [0, 0.05) is 26.5 Å². The Kier molecular flexibility index (Phi) is 6.18. The predicted octanol–water partition coefficient (Wildman–Crippen LogP) is 9.32. The zero-order valence-electron chi connectivity index (χ0n) is 18.9. The molecule has 3 heteroatoms. The second kappa shape index (κ2) is 9.91. The van der Waals surface area contributed by atoms with Gasteiger partial charge in [-0.05, 0) is 23.3 Å². The van der Waals surface area contributed by atoms with Crippen molar-refractivity contribution in [2.24, 2.45) is 0 Å². The topological polar surface area (TPSA) is 9.23 Å². The number of benzene rings is 4. The van der Waals surface area contributed by atoms with E-state index in [1.165, 1.54) is 30.7 Å². The van der Waals surface area contributed by atoms with E-state index in [9.17, 15) is 0 Å². The SMILES string of the molecule is C1=C(c2ccccc2)OC(c2ccccc2)=CC1=C1SC(c2ccccc2)=C(c2ccccc2)S1. The molecule has 0 fully saturated rings. The van der Waals surface area contributed by atoms with Gasteiger partial charge >= 0.3 is 0 Å². The highest BCUT2D eigenvalue weighted by molar-refractivity contribution is 8.34. The molecule has 0 atom stereocenters. The van der Waals surface area contributed by atoms with Crippen LogP contribution in [0, 0.1) is 0 Å². The molecule has 0 amide bonds. The lowest BCUT2D eigenvalue weighted by Gasteiger charge is -2.20. The first-order chi connectivity index (χ1) is 17.3. The molecule has 6 rings (SSSR count). The largest absolute Gasteiger partial charge is 0.456 e. The molecule has 1 nitrogen and oxygen atoms in total. The minimum Gasteiger partial charge on any atom is -0.456 e. The van der Waals surface area contributed by atoms with Crippen molar-refractivity contribution in [2.45, 2.75) is 0 Å². The van der Waals surface area contributed by atoms with Gasteiger partial charge in [-0.3, -0.25) is 0 Å². The van der Waals surface area contributed by atoms with Crippen LogP contribution in [0.2, 0.25) is 0 Å². The minimum atomic E-state index is 0.866. The summed E-state index contributed by atoms with van der Waals surface area (Å²) in [7, 11) is 0. The molecule has 2 aliphatic heterocycles. The van der Waals surface area contributed by atoms with Gasteiger partial charge in [0.2, 0.25) is 0 Å². The smallest absolute Gasteiger partial charge is 0.135 e. The number of hydrogen-bond acceptors (Lipinski definition) is 3. The van der Waals surface area contributed by atoms with E-state index >= 15 is 0 Å². The van der Waals surface area contributed by atoms with Crippen molar-refractivity contribution in [2.75, 3.05) is 0 Å². The summed E-state index contributed by atoms with van der Waals surface area (Å²) in [4.78, 5) is 2.58. The summed E-state index contributed by atoms with van der Waals surface area (Å²) in [6.07, 6.45) is 4.35. The zero-order valence-corrected chi connectivity index (χ0v) is 20.6. The molecule has 0 N–H and O–H groups in total. The Labute approximate surface area is 214 Å². The summed E-state index contributed by atoms with van der Waals surface area (Å²) in [6.45, 7) is 0. The van der Waals surface area contributed by atoms with E-state index in [4.69, 9.17) is 4.74 Å². The van der Waals surface area contributed by atoms with Crippen LogP contribution < -0.4 is 0 Å². The normalized spacial score (nSPS) is 15.5. The fourth-order valence-corrected chi connectivity index (χ4v) is 6.77. The first kappa shape index (κ1) is 21.8. The monoisotopic (exact) mass is 486 g/mol. The predicted molar refractivity (Wildman–Crippen MR) is 152 cm³/mol. The Bertz CT molecular complexity index is 1360. The quantitative estimate of drug-likeness (QED) is 0.284. The summed E-state index contributed by atoms with van der Waals surface area (Å²) >= 11 is 3.69. The molecule has 2 aliphatic rings. The van der Waals surface area contributed by atoms with Crippen molar-refractivity contribution in [3.8, 4) is 0 Å². The van der Waals surface area contributed by atoms with Crippen LogP contribution in [-0.4, -0.2) is 0 Å². The molecule has 4 aromatic rings. The van der Waals surface area contributed by atoms with E-state index in [2.05, 4.69) is 121 Å². The van der Waals surface area contributed by atoms with E-state index in [1.54, 1.807) is 0 Å². The standard InChI is InChI=1S/C32H22OS2/c1-5-13-23(14-6-1)28-21-27(22-29(33-28)24-15-7-2-8-16-24)32-34-30(25-17-9-3-10-18-25)31(35-32)26-19-11-4-12-20-26/h1-22H. The Morgan fingerprint density at radius 1 is 0.400 bits per heavy atom. The maximum absolute atomic E-state index is 6.43. The fraction of sp³-hybridized carbons (Fsp3) is 0. The van der Waals surface area contributed by atoms with Crippen molar-refractivity contribution in [3.63, 3.8) is 0 Å². The second-order valence-corrected chi connectivity index (χ2v) is 10.5. The highest BCUT2D eigenvalue weighted by Crippen LogP contribution is 2.59. The van der Waals surface area contributed by atoms with Gasteiger partial charge in [0.25, 0.3) is 0 Å². The molecular formula is C32H22OS2. The molecule has 0 aromatic heterocycles. The minimum absolute atomic E-state index is 0.866. The molecule has 0 saturated carbocycles. The number of thioether (sulfide) groups is 2. The second-order valence-electron chi connectivity index (χ2n) is 8.19. The Morgan fingerprint density at radius 3 is 1.11 bits per heavy atom. The maximum Gasteiger partial charge on any atom is 0.135 e. The van der Waals surface area contributed by atoms with Crippen molar-refractivity contribution in [3.05, 3.63) is 166 Å². The Morgan fingerprint density at radius 2 is 0.743 bits per heavy atom. The van der Waals surface area contributed by atoms with Crippen molar-refractivity contribution in [1.29, 1.82) is 0 Å². The van der Waals surface area contributed by atoms with E-state index in [0.717, 1.165) is 22.6 Å². The van der Waals surface area contributed by atoms with Crippen molar-refractivity contribution in [1.82, 2.24) is 0 Å². The first-order valence-corrected chi connectivity index (χ1v) is 13.2. The van der Waals surface area contributed by atoms with E-state index < -0.39 is 0 Å². The van der Waals surface area contributed by atoms with Gasteiger partial charge in [0.1, 0.15) is 11.5 Å². The molecule has 0 saturated heterocycles. The van der Waals surface area contributed by atoms with Crippen LogP contribution in [-0.2, 0) is 4.74 Å². The third-order valence-electron chi connectivity index (χ3n) is 5.81. The lowest BCUT2D eigenvalue weighted by molar-refractivity contribution is 0.467. The molecule has 0 radical (unpaired) electrons. The van der Waals surface area contributed by atoms with Crippen molar-refractivity contribution >= 4 is 44.9 Å². The summed E-state index contributed by atoms with van der Waals surface area (Å²) in [5.41, 5.74) is 5.79. The molecule has 4 aromatic carbocycles. The average Bonchev–Trinajstić information content (AvgIpc) is 3.41. The highest BCUT2D eigenvalue weighted by Gasteiger charge is 2.27. The van der Waals surface area contributed by atoms with Crippen LogP contribution in [0.15, 0.2) is 143 Å². The molecule has 35 heavy (non-hydrogen) atoms. The molecule has 168 valence electrons.